The third-order valence-electron chi connectivity index (χ3n) is 5.17. The van der Waals surface area contributed by atoms with Crippen molar-refractivity contribution in [1.29, 1.82) is 0 Å². The van der Waals surface area contributed by atoms with E-state index in [0.29, 0.717) is 18.5 Å². The van der Waals surface area contributed by atoms with Crippen LogP contribution in [0.3, 0.4) is 0 Å². The molecule has 1 aliphatic heterocycles. The Hall–Kier alpha value is -1.24. The van der Waals surface area contributed by atoms with Crippen molar-refractivity contribution >= 4 is 28.6 Å². The molecule has 2 aromatic rings. The Morgan fingerprint density at radius 2 is 2.22 bits per heavy atom. The van der Waals surface area contributed by atoms with Crippen molar-refractivity contribution in [3.8, 4) is 10.6 Å². The summed E-state index contributed by atoms with van der Waals surface area (Å²) in [4.78, 5) is 18.6. The molecule has 3 unspecified atom stereocenters. The van der Waals surface area contributed by atoms with Crippen LogP contribution in [0.15, 0.2) is 22.2 Å². The zero-order chi connectivity index (χ0) is 15.8. The number of carbonyl (C=O) groups is 1. The Morgan fingerprint density at radius 1 is 1.35 bits per heavy atom. The van der Waals surface area contributed by atoms with Crippen LogP contribution in [0, 0.1) is 5.92 Å². The maximum atomic E-state index is 11.7. The number of thiophene rings is 1. The number of aliphatic carboxylic acids is 1. The summed E-state index contributed by atoms with van der Waals surface area (Å²) in [6.07, 6.45) is 5.60. The van der Waals surface area contributed by atoms with E-state index in [0.717, 1.165) is 29.1 Å². The highest BCUT2D eigenvalue weighted by Crippen LogP contribution is 2.40. The highest BCUT2D eigenvalue weighted by molar-refractivity contribution is 7.14. The number of nitrogens with zero attached hydrogens (tertiary/aromatic N) is 2. The van der Waals surface area contributed by atoms with Crippen molar-refractivity contribution < 1.29 is 9.90 Å². The van der Waals surface area contributed by atoms with Crippen LogP contribution < -0.4 is 0 Å². The van der Waals surface area contributed by atoms with Gasteiger partial charge in [-0.3, -0.25) is 9.69 Å². The molecule has 1 saturated carbocycles. The van der Waals surface area contributed by atoms with Gasteiger partial charge in [-0.2, -0.15) is 11.3 Å². The van der Waals surface area contributed by atoms with Crippen molar-refractivity contribution in [1.82, 2.24) is 9.88 Å². The van der Waals surface area contributed by atoms with Gasteiger partial charge in [0.25, 0.3) is 0 Å². The maximum absolute atomic E-state index is 11.7. The molecule has 122 valence electrons. The van der Waals surface area contributed by atoms with Crippen LogP contribution in [0.4, 0.5) is 0 Å². The molecule has 1 saturated heterocycles. The third-order valence-corrected chi connectivity index (χ3v) is 6.79. The van der Waals surface area contributed by atoms with Gasteiger partial charge in [-0.15, -0.1) is 11.3 Å². The molecule has 2 aromatic heterocycles. The molecule has 3 heterocycles. The zero-order valence-electron chi connectivity index (χ0n) is 12.9. The lowest BCUT2D eigenvalue weighted by Crippen LogP contribution is -2.41. The predicted octanol–water partition coefficient (Wildman–Crippen LogP) is 4.09. The van der Waals surface area contributed by atoms with Crippen LogP contribution in [0.5, 0.6) is 0 Å². The molecule has 2 aliphatic rings. The van der Waals surface area contributed by atoms with Gasteiger partial charge < -0.3 is 5.11 Å². The number of aromatic nitrogens is 1. The van der Waals surface area contributed by atoms with Gasteiger partial charge in [0.05, 0.1) is 5.69 Å². The number of carboxylic acids is 1. The normalized spacial score (nSPS) is 27.9. The number of hydrogen-bond donors (Lipinski definition) is 1. The molecule has 0 radical (unpaired) electrons. The van der Waals surface area contributed by atoms with Crippen molar-refractivity contribution in [3.63, 3.8) is 0 Å². The average Bonchev–Trinajstić information content (AvgIpc) is 3.26. The second kappa shape index (κ2) is 6.34. The second-order valence-corrected chi connectivity index (χ2v) is 8.17. The lowest BCUT2D eigenvalue weighted by molar-refractivity contribution is -0.142. The summed E-state index contributed by atoms with van der Waals surface area (Å²) in [6.45, 7) is 0.665. The van der Waals surface area contributed by atoms with E-state index in [1.165, 1.54) is 19.3 Å². The Bertz CT molecular complexity index is 683. The van der Waals surface area contributed by atoms with Crippen LogP contribution in [0.2, 0.25) is 0 Å². The summed E-state index contributed by atoms with van der Waals surface area (Å²) in [5, 5.41) is 16.9. The van der Waals surface area contributed by atoms with Crippen LogP contribution >= 0.6 is 22.7 Å². The van der Waals surface area contributed by atoms with Gasteiger partial charge in [0.15, 0.2) is 0 Å². The van der Waals surface area contributed by atoms with Gasteiger partial charge in [0, 0.05) is 28.9 Å². The summed E-state index contributed by atoms with van der Waals surface area (Å²) < 4.78 is 0. The molecular formula is C17H20N2O2S2. The van der Waals surface area contributed by atoms with E-state index in [2.05, 4.69) is 27.1 Å². The molecule has 4 rings (SSSR count). The first-order valence-corrected chi connectivity index (χ1v) is 10.00. The number of hydrogen-bond acceptors (Lipinski definition) is 5. The fraction of sp³-hybridized carbons (Fsp3) is 0.529. The smallest absolute Gasteiger partial charge is 0.320 e. The second-order valence-electron chi connectivity index (χ2n) is 6.53. The Kier molecular flexibility index (Phi) is 4.22. The Balaban J connectivity index is 1.55. The molecule has 0 aromatic carbocycles. The predicted molar refractivity (Wildman–Crippen MR) is 92.8 cm³/mol. The lowest BCUT2D eigenvalue weighted by Gasteiger charge is -2.32. The van der Waals surface area contributed by atoms with Gasteiger partial charge in [-0.05, 0) is 36.6 Å². The third kappa shape index (κ3) is 2.95. The highest BCUT2D eigenvalue weighted by Gasteiger charge is 2.45. The molecule has 1 N–H and O–H groups in total. The van der Waals surface area contributed by atoms with E-state index in [-0.39, 0.29) is 6.04 Å². The summed E-state index contributed by atoms with van der Waals surface area (Å²) in [6, 6.07) is 2.17. The van der Waals surface area contributed by atoms with Gasteiger partial charge in [0.2, 0.25) is 0 Å². The molecule has 0 spiro atoms. The van der Waals surface area contributed by atoms with Crippen LogP contribution in [-0.2, 0) is 11.3 Å². The molecule has 0 bridgehead atoms. The minimum Gasteiger partial charge on any atom is -0.480 e. The molecule has 6 heteroatoms. The Morgan fingerprint density at radius 3 is 3.00 bits per heavy atom. The quantitative estimate of drug-likeness (QED) is 0.904. The molecule has 1 aliphatic carbocycles. The Labute approximate surface area is 143 Å². The van der Waals surface area contributed by atoms with Gasteiger partial charge in [0.1, 0.15) is 11.0 Å². The molecule has 4 nitrogen and oxygen atoms in total. The number of rotatable bonds is 4. The van der Waals surface area contributed by atoms with Crippen molar-refractivity contribution in [3.05, 3.63) is 27.9 Å². The number of fused-ring (bicyclic) bond motifs is 1. The van der Waals surface area contributed by atoms with Crippen LogP contribution in [-0.4, -0.2) is 33.0 Å². The SMILES string of the molecule is O=C(O)C1CC2CCCCC2N1Cc1csc(-c2ccsc2)n1. The first kappa shape index (κ1) is 15.3. The molecule has 3 atom stereocenters. The summed E-state index contributed by atoms with van der Waals surface area (Å²) in [5.74, 6) is -0.118. The first-order chi connectivity index (χ1) is 11.2. The van der Waals surface area contributed by atoms with E-state index in [9.17, 15) is 9.90 Å². The molecule has 0 amide bonds. The van der Waals surface area contributed by atoms with Gasteiger partial charge in [-0.1, -0.05) is 12.8 Å². The molecule has 23 heavy (non-hydrogen) atoms. The summed E-state index contributed by atoms with van der Waals surface area (Å²) >= 11 is 3.33. The van der Waals surface area contributed by atoms with E-state index in [1.54, 1.807) is 22.7 Å². The van der Waals surface area contributed by atoms with Crippen molar-refractivity contribution in [2.45, 2.75) is 50.7 Å². The van der Waals surface area contributed by atoms with Gasteiger partial charge in [-0.25, -0.2) is 4.98 Å². The van der Waals surface area contributed by atoms with Crippen LogP contribution in [0.25, 0.3) is 10.6 Å². The summed E-state index contributed by atoms with van der Waals surface area (Å²) in [7, 11) is 0. The number of likely N-dealkylation sites (tertiary alicyclic amines) is 1. The summed E-state index contributed by atoms with van der Waals surface area (Å²) in [5.41, 5.74) is 2.17. The lowest BCUT2D eigenvalue weighted by atomic mass is 9.85. The zero-order valence-corrected chi connectivity index (χ0v) is 14.5. The van der Waals surface area contributed by atoms with E-state index in [4.69, 9.17) is 4.98 Å². The van der Waals surface area contributed by atoms with Crippen LogP contribution in [0.1, 0.15) is 37.8 Å². The van der Waals surface area contributed by atoms with E-state index >= 15 is 0 Å². The van der Waals surface area contributed by atoms with E-state index in [1.807, 2.05) is 0 Å². The standard InChI is InChI=1S/C17H20N2O2S2/c20-17(21)15-7-11-3-1-2-4-14(11)19(15)8-13-10-23-16(18-13)12-5-6-22-9-12/h5-6,9-11,14-15H,1-4,7-8H2,(H,20,21). The minimum atomic E-state index is -0.673. The average molecular weight is 348 g/mol. The monoisotopic (exact) mass is 348 g/mol. The maximum Gasteiger partial charge on any atom is 0.320 e. The van der Waals surface area contributed by atoms with Crippen molar-refractivity contribution in [2.75, 3.05) is 0 Å². The number of thiazole rings is 1. The van der Waals surface area contributed by atoms with E-state index < -0.39 is 5.97 Å². The highest BCUT2D eigenvalue weighted by atomic mass is 32.1. The topological polar surface area (TPSA) is 53.4 Å². The molecular weight excluding hydrogens is 328 g/mol. The first-order valence-electron chi connectivity index (χ1n) is 8.18. The fourth-order valence-electron chi connectivity index (χ4n) is 4.11. The van der Waals surface area contributed by atoms with Gasteiger partial charge >= 0.3 is 5.97 Å². The van der Waals surface area contributed by atoms with Crippen molar-refractivity contribution in [2.24, 2.45) is 5.92 Å². The minimum absolute atomic E-state index is 0.339. The fourth-order valence-corrected chi connectivity index (χ4v) is 5.63. The molecule has 2 fully saturated rings. The largest absolute Gasteiger partial charge is 0.480 e. The number of carboxylic acid groups (broad SMARTS) is 1.